The van der Waals surface area contributed by atoms with E-state index in [1.165, 1.54) is 0 Å². The molecular formula is C13H12FN3O3. The van der Waals surface area contributed by atoms with Crippen LogP contribution in [-0.2, 0) is 16.1 Å². The molecule has 0 radical (unpaired) electrons. The van der Waals surface area contributed by atoms with Gasteiger partial charge in [-0.15, -0.1) is 0 Å². The normalized spacial score (nSPS) is 31.4. The molecular weight excluding hydrogens is 265 g/mol. The van der Waals surface area contributed by atoms with Crippen LogP contribution in [-0.4, -0.2) is 28.7 Å². The number of nitrogens with two attached hydrogens (primary N) is 1. The molecule has 1 atom stereocenters. The third-order valence-corrected chi connectivity index (χ3v) is 3.03. The molecule has 2 heterocycles. The Bertz CT molecular complexity index is 891. The number of benzene rings is 1. The zero-order valence-electron chi connectivity index (χ0n) is 15.9. The van der Waals surface area contributed by atoms with E-state index in [0.29, 0.717) is 4.90 Å². The van der Waals surface area contributed by atoms with E-state index in [0.717, 1.165) is 0 Å². The molecule has 0 spiro atoms. The van der Waals surface area contributed by atoms with Crippen LogP contribution in [0.5, 0.6) is 0 Å². The lowest BCUT2D eigenvalue weighted by Gasteiger charge is -2.29. The first-order valence-corrected chi connectivity index (χ1v) is 5.57. The summed E-state index contributed by atoms with van der Waals surface area (Å²) in [5.41, 5.74) is 4.56. The van der Waals surface area contributed by atoms with Gasteiger partial charge >= 0.3 is 0 Å². The third kappa shape index (κ3) is 1.82. The smallest absolute Gasteiger partial charge is 0.255 e. The van der Waals surface area contributed by atoms with Crippen LogP contribution >= 0.6 is 0 Å². The molecule has 0 aromatic heterocycles. The Kier molecular flexibility index (Phi) is 1.58. The first-order chi connectivity index (χ1) is 11.8. The summed E-state index contributed by atoms with van der Waals surface area (Å²) >= 11 is 0. The van der Waals surface area contributed by atoms with Crippen LogP contribution in [0.4, 0.5) is 10.1 Å². The minimum atomic E-state index is -3.12. The highest BCUT2D eigenvalue weighted by atomic mass is 19.1. The predicted octanol–water partition coefficient (Wildman–Crippen LogP) is 0.169. The van der Waals surface area contributed by atoms with Crippen molar-refractivity contribution in [1.82, 2.24) is 10.2 Å². The van der Waals surface area contributed by atoms with Crippen molar-refractivity contribution >= 4 is 23.4 Å². The Morgan fingerprint density at radius 3 is 2.95 bits per heavy atom. The highest BCUT2D eigenvalue weighted by Crippen LogP contribution is 2.31. The van der Waals surface area contributed by atoms with Gasteiger partial charge in [-0.3, -0.25) is 19.7 Å². The minimum Gasteiger partial charge on any atom is -0.398 e. The summed E-state index contributed by atoms with van der Waals surface area (Å²) in [5, 5.41) is 1.68. The second kappa shape index (κ2) is 4.29. The molecule has 1 aromatic rings. The van der Waals surface area contributed by atoms with E-state index in [4.69, 9.17) is 14.0 Å². The monoisotopic (exact) mass is 283 g/mol. The first-order valence-electron chi connectivity index (χ1n) is 8.57. The molecule has 6 nitrogen and oxygen atoms in total. The summed E-state index contributed by atoms with van der Waals surface area (Å²) in [6, 6.07) is -3.77. The number of halogens is 1. The molecule has 3 rings (SSSR count). The quantitative estimate of drug-likeness (QED) is 0.567. The Morgan fingerprint density at radius 2 is 2.20 bits per heavy atom. The molecule has 0 aliphatic carbocycles. The van der Waals surface area contributed by atoms with Gasteiger partial charge in [-0.05, 0) is 18.5 Å². The highest BCUT2D eigenvalue weighted by Gasteiger charge is 2.39. The maximum absolute atomic E-state index is 13.9. The van der Waals surface area contributed by atoms with Gasteiger partial charge in [0.1, 0.15) is 11.9 Å². The summed E-state index contributed by atoms with van der Waals surface area (Å²) < 4.78 is 60.3. The number of nitrogens with one attached hydrogen (secondary N) is 1. The van der Waals surface area contributed by atoms with Crippen LogP contribution in [0, 0.1) is 5.82 Å². The zero-order valence-corrected chi connectivity index (χ0v) is 9.91. The molecule has 20 heavy (non-hydrogen) atoms. The number of nitrogen functional groups attached to an aromatic ring is 1. The van der Waals surface area contributed by atoms with E-state index in [1.54, 1.807) is 5.32 Å². The molecule has 2 aliphatic heterocycles. The van der Waals surface area contributed by atoms with Gasteiger partial charge < -0.3 is 10.6 Å². The summed E-state index contributed by atoms with van der Waals surface area (Å²) in [7, 11) is 0. The number of rotatable bonds is 1. The zero-order chi connectivity index (χ0) is 19.8. The molecule has 0 saturated carbocycles. The van der Waals surface area contributed by atoms with Crippen LogP contribution in [0.1, 0.15) is 36.9 Å². The van der Waals surface area contributed by atoms with Crippen molar-refractivity contribution in [2.75, 3.05) is 5.73 Å². The molecule has 3 N–H and O–H groups in total. The van der Waals surface area contributed by atoms with E-state index >= 15 is 0 Å². The number of piperidine rings is 1. The van der Waals surface area contributed by atoms with Gasteiger partial charge in [-0.25, -0.2) is 4.39 Å². The van der Waals surface area contributed by atoms with Crippen molar-refractivity contribution in [1.29, 1.82) is 0 Å². The lowest BCUT2D eigenvalue weighted by Crippen LogP contribution is -2.52. The van der Waals surface area contributed by atoms with Crippen molar-refractivity contribution in [3.05, 3.63) is 29.0 Å². The van der Waals surface area contributed by atoms with Crippen molar-refractivity contribution in [2.45, 2.75) is 25.3 Å². The fourth-order valence-electron chi connectivity index (χ4n) is 2.12. The number of carbonyl (C=O) groups is 3. The summed E-state index contributed by atoms with van der Waals surface area (Å²) in [4.78, 5) is 37.0. The Morgan fingerprint density at radius 1 is 1.45 bits per heavy atom. The molecule has 104 valence electrons. The molecule has 0 bridgehead atoms. The van der Waals surface area contributed by atoms with Gasteiger partial charge in [0, 0.05) is 35.2 Å². The second-order valence-electron chi connectivity index (χ2n) is 4.25. The van der Waals surface area contributed by atoms with Gasteiger partial charge in [0.15, 0.2) is 0 Å². The van der Waals surface area contributed by atoms with Crippen molar-refractivity contribution in [3.8, 4) is 0 Å². The predicted molar refractivity (Wildman–Crippen MR) is 66.9 cm³/mol. The average molecular weight is 283 g/mol. The van der Waals surface area contributed by atoms with Gasteiger partial charge in [0.05, 0.1) is 2.74 Å². The summed E-state index contributed by atoms with van der Waals surface area (Å²) in [5.74, 6) is -5.16. The Labute approximate surface area is 122 Å². The molecule has 0 unspecified atom stereocenters. The first kappa shape index (κ1) is 7.37. The number of carbonyl (C=O) groups excluding carboxylic acids is 3. The third-order valence-electron chi connectivity index (χ3n) is 3.03. The van der Waals surface area contributed by atoms with Crippen LogP contribution in [0.2, 0.25) is 0 Å². The number of amides is 3. The summed E-state index contributed by atoms with van der Waals surface area (Å²) in [6.45, 7) is -0.528. The fraction of sp³-hybridized carbons (Fsp3) is 0.308. The maximum Gasteiger partial charge on any atom is 0.255 e. The van der Waals surface area contributed by atoms with Gasteiger partial charge in [-0.2, -0.15) is 0 Å². The SMILES string of the molecule is [2H]c1c(N)c2c(c([2H])c1F)C(=O)N([C@@H]1C(=O)NC(=O)C([2H])([2H])C1([2H])[2H])C2. The van der Waals surface area contributed by atoms with E-state index in [-0.39, 0.29) is 5.56 Å². The van der Waals surface area contributed by atoms with E-state index in [9.17, 15) is 18.8 Å². The van der Waals surface area contributed by atoms with Crippen LogP contribution in [0.15, 0.2) is 12.1 Å². The molecule has 1 saturated heterocycles. The van der Waals surface area contributed by atoms with E-state index in [1.807, 2.05) is 0 Å². The second-order valence-corrected chi connectivity index (χ2v) is 4.25. The molecule has 1 aromatic carbocycles. The minimum absolute atomic E-state index is 0.118. The molecule has 1 fully saturated rings. The van der Waals surface area contributed by atoms with Gasteiger partial charge in [0.2, 0.25) is 11.8 Å². The Balaban J connectivity index is 2.14. The van der Waals surface area contributed by atoms with Crippen molar-refractivity contribution in [3.63, 3.8) is 0 Å². The number of nitrogens with zero attached hydrogens (tertiary/aromatic N) is 1. The topological polar surface area (TPSA) is 92.5 Å². The average Bonchev–Trinajstić information content (AvgIpc) is 2.87. The van der Waals surface area contributed by atoms with Crippen LogP contribution in [0.3, 0.4) is 0 Å². The maximum atomic E-state index is 13.9. The fourth-order valence-corrected chi connectivity index (χ4v) is 2.12. The van der Waals surface area contributed by atoms with Gasteiger partial charge in [-0.1, -0.05) is 0 Å². The lowest BCUT2D eigenvalue weighted by molar-refractivity contribution is -0.136. The summed E-state index contributed by atoms with van der Waals surface area (Å²) in [6.07, 6.45) is -6.22. The van der Waals surface area contributed by atoms with E-state index < -0.39 is 72.2 Å². The van der Waals surface area contributed by atoms with E-state index in [2.05, 4.69) is 0 Å². The molecule has 2 aliphatic rings. The van der Waals surface area contributed by atoms with Crippen LogP contribution < -0.4 is 11.1 Å². The van der Waals surface area contributed by atoms with Crippen LogP contribution in [0.25, 0.3) is 0 Å². The number of fused-ring (bicyclic) bond motifs is 1. The molecule has 7 heteroatoms. The number of anilines is 1. The van der Waals surface area contributed by atoms with Crippen molar-refractivity contribution < 1.29 is 27.0 Å². The molecule has 3 amide bonds. The largest absolute Gasteiger partial charge is 0.398 e. The lowest BCUT2D eigenvalue weighted by atomic mass is 10.0. The number of hydrogen-bond donors (Lipinski definition) is 2. The van der Waals surface area contributed by atoms with Crippen molar-refractivity contribution in [2.24, 2.45) is 0 Å². The standard InChI is InChI=1S/C13H12FN3O3/c14-6-3-7-8(9(15)4-6)5-17(13(7)20)10-1-2-11(18)16-12(10)19/h3-4,10H,1-2,5,15H2,(H,16,18,19)/t10-/m0/s1/i1D2,2D2,3D,4D. The number of imide groups is 1. The number of hydrogen-bond acceptors (Lipinski definition) is 4. The Hall–Kier alpha value is -2.44. The highest BCUT2D eigenvalue weighted by molar-refractivity contribution is 6.06. The van der Waals surface area contributed by atoms with Gasteiger partial charge in [0.25, 0.3) is 5.91 Å².